The molecule has 0 aliphatic carbocycles. The summed E-state index contributed by atoms with van der Waals surface area (Å²) in [6, 6.07) is 0. The molecule has 0 fully saturated rings. The van der Waals surface area contributed by atoms with Crippen LogP contribution in [0.4, 0.5) is 0 Å². The Kier molecular flexibility index (Phi) is 3.71. The van der Waals surface area contributed by atoms with Crippen LogP contribution in [0.15, 0.2) is 11.5 Å². The van der Waals surface area contributed by atoms with E-state index < -0.39 is 0 Å². The largest absolute Gasteiger partial charge is 0.150 e. The number of thioether (sulfide) groups is 2. The highest BCUT2D eigenvalue weighted by molar-refractivity contribution is 8.18. The van der Waals surface area contributed by atoms with Crippen molar-refractivity contribution in [3.05, 3.63) is 11.5 Å². The molecule has 10 heavy (non-hydrogen) atoms. The maximum atomic E-state index is 2.36. The molecule has 1 heterocycles. The van der Waals surface area contributed by atoms with E-state index in [2.05, 4.69) is 24.7 Å². The zero-order chi connectivity index (χ0) is 7.40. The van der Waals surface area contributed by atoms with Gasteiger partial charge in [-0.2, -0.15) is 11.8 Å². The third kappa shape index (κ3) is 1.96. The van der Waals surface area contributed by atoms with E-state index in [4.69, 9.17) is 0 Å². The normalized spacial score (nSPS) is 31.4. The Bertz CT molecular complexity index is 120. The van der Waals surface area contributed by atoms with Gasteiger partial charge in [-0.3, -0.25) is 0 Å². The molecule has 0 nitrogen and oxygen atoms in total. The lowest BCUT2D eigenvalue weighted by molar-refractivity contribution is 0.632. The predicted octanol–water partition coefficient (Wildman–Crippen LogP) is 3.35. The highest BCUT2D eigenvalue weighted by Gasteiger charge is 2.20. The third-order valence-electron chi connectivity index (χ3n) is 1.74. The maximum absolute atomic E-state index is 2.36. The summed E-state index contributed by atoms with van der Waals surface area (Å²) in [6.45, 7) is 2.26. The first-order valence-corrected chi connectivity index (χ1v) is 5.96. The highest BCUT2D eigenvalue weighted by atomic mass is 32.2. The quantitative estimate of drug-likeness (QED) is 0.643. The molecule has 0 amide bonds. The second kappa shape index (κ2) is 4.35. The van der Waals surface area contributed by atoms with Crippen molar-refractivity contribution in [2.45, 2.75) is 24.3 Å². The fraction of sp³-hybridized carbons (Fsp3) is 0.750. The van der Waals surface area contributed by atoms with Crippen LogP contribution in [0.5, 0.6) is 0 Å². The molecule has 0 aromatic carbocycles. The summed E-state index contributed by atoms with van der Waals surface area (Å²) in [4.78, 5) is 0. The molecule has 1 aliphatic heterocycles. The Balaban J connectivity index is 2.33. The van der Waals surface area contributed by atoms with Gasteiger partial charge < -0.3 is 0 Å². The molecule has 2 heteroatoms. The minimum atomic E-state index is 0.806. The van der Waals surface area contributed by atoms with E-state index in [9.17, 15) is 0 Å². The smallest absolute Gasteiger partial charge is 0.0603 e. The molecule has 1 rings (SSSR count). The Labute approximate surface area is 71.8 Å². The fourth-order valence-corrected chi connectivity index (χ4v) is 3.30. The van der Waals surface area contributed by atoms with Crippen molar-refractivity contribution in [2.24, 2.45) is 5.92 Å². The van der Waals surface area contributed by atoms with Gasteiger partial charge >= 0.3 is 0 Å². The first kappa shape index (κ1) is 8.54. The average Bonchev–Trinajstić information content (AvgIpc) is 2.36. The molecule has 0 saturated heterocycles. The minimum Gasteiger partial charge on any atom is -0.150 e. The molecular weight excluding hydrogens is 160 g/mol. The summed E-state index contributed by atoms with van der Waals surface area (Å²) in [5.74, 6) is 0.838. The van der Waals surface area contributed by atoms with Crippen LogP contribution >= 0.6 is 23.5 Å². The van der Waals surface area contributed by atoms with E-state index in [1.54, 1.807) is 0 Å². The molecule has 0 saturated carbocycles. The molecule has 2 unspecified atom stereocenters. The third-order valence-corrected chi connectivity index (χ3v) is 4.40. The monoisotopic (exact) mass is 174 g/mol. The van der Waals surface area contributed by atoms with Crippen molar-refractivity contribution in [3.63, 3.8) is 0 Å². The van der Waals surface area contributed by atoms with Gasteiger partial charge in [0, 0.05) is 0 Å². The van der Waals surface area contributed by atoms with E-state index in [1.807, 2.05) is 23.5 Å². The van der Waals surface area contributed by atoms with Gasteiger partial charge in [0.25, 0.3) is 0 Å². The van der Waals surface area contributed by atoms with Gasteiger partial charge in [-0.1, -0.05) is 19.4 Å². The van der Waals surface area contributed by atoms with Gasteiger partial charge in [-0.05, 0) is 24.0 Å². The molecule has 0 radical (unpaired) electrons. The van der Waals surface area contributed by atoms with Crippen molar-refractivity contribution < 1.29 is 0 Å². The number of allylic oxidation sites excluding steroid dienone is 1. The number of rotatable bonds is 3. The van der Waals surface area contributed by atoms with Crippen molar-refractivity contribution in [2.75, 3.05) is 6.26 Å². The van der Waals surface area contributed by atoms with Crippen molar-refractivity contribution in [3.8, 4) is 0 Å². The summed E-state index contributed by atoms with van der Waals surface area (Å²) in [5.41, 5.74) is 0. The summed E-state index contributed by atoms with van der Waals surface area (Å²) in [7, 11) is 0. The standard InChI is InChI=1S/C8H14S2/c1-3-4-7-5-6-10-8(7)9-2/h5-8H,3-4H2,1-2H3. The molecule has 2 atom stereocenters. The van der Waals surface area contributed by atoms with Crippen LogP contribution in [0.1, 0.15) is 19.8 Å². The van der Waals surface area contributed by atoms with E-state index in [-0.39, 0.29) is 0 Å². The molecule has 0 N–H and O–H groups in total. The van der Waals surface area contributed by atoms with E-state index in [0.717, 1.165) is 10.5 Å². The van der Waals surface area contributed by atoms with Gasteiger partial charge in [-0.25, -0.2) is 0 Å². The fourth-order valence-electron chi connectivity index (χ4n) is 1.21. The molecule has 58 valence electrons. The van der Waals surface area contributed by atoms with E-state index in [0.29, 0.717) is 0 Å². The minimum absolute atomic E-state index is 0.806. The van der Waals surface area contributed by atoms with Crippen LogP contribution in [0.2, 0.25) is 0 Å². The van der Waals surface area contributed by atoms with E-state index in [1.165, 1.54) is 12.8 Å². The molecule has 1 aliphatic rings. The van der Waals surface area contributed by atoms with Crippen molar-refractivity contribution in [1.29, 1.82) is 0 Å². The van der Waals surface area contributed by atoms with Crippen LogP contribution in [-0.2, 0) is 0 Å². The lowest BCUT2D eigenvalue weighted by Gasteiger charge is -2.14. The van der Waals surface area contributed by atoms with E-state index >= 15 is 0 Å². The van der Waals surface area contributed by atoms with Crippen LogP contribution in [0, 0.1) is 5.92 Å². The second-order valence-electron chi connectivity index (χ2n) is 2.52. The topological polar surface area (TPSA) is 0 Å². The highest BCUT2D eigenvalue weighted by Crippen LogP contribution is 2.38. The summed E-state index contributed by atoms with van der Waals surface area (Å²) in [6.07, 6.45) is 7.23. The van der Waals surface area contributed by atoms with Crippen LogP contribution in [0.25, 0.3) is 0 Å². The summed E-state index contributed by atoms with van der Waals surface area (Å²) in [5, 5.41) is 2.25. The maximum Gasteiger partial charge on any atom is 0.0603 e. The zero-order valence-electron chi connectivity index (χ0n) is 6.54. The number of hydrogen-bond acceptors (Lipinski definition) is 2. The summed E-state index contributed by atoms with van der Waals surface area (Å²) < 4.78 is 0.806. The van der Waals surface area contributed by atoms with Gasteiger partial charge in [0.2, 0.25) is 0 Å². The van der Waals surface area contributed by atoms with Crippen LogP contribution in [0.3, 0.4) is 0 Å². The zero-order valence-corrected chi connectivity index (χ0v) is 8.17. The van der Waals surface area contributed by atoms with Gasteiger partial charge in [0.1, 0.15) is 0 Å². The van der Waals surface area contributed by atoms with Gasteiger partial charge in [0.05, 0.1) is 4.58 Å². The van der Waals surface area contributed by atoms with Crippen LogP contribution in [-0.4, -0.2) is 10.8 Å². The summed E-state index contributed by atoms with van der Waals surface area (Å²) >= 11 is 3.95. The Morgan fingerprint density at radius 3 is 3.00 bits per heavy atom. The average molecular weight is 174 g/mol. The molecule has 0 aromatic rings. The van der Waals surface area contributed by atoms with Crippen molar-refractivity contribution in [1.82, 2.24) is 0 Å². The predicted molar refractivity (Wildman–Crippen MR) is 52.4 cm³/mol. The lowest BCUT2D eigenvalue weighted by Crippen LogP contribution is -2.05. The first-order valence-electron chi connectivity index (χ1n) is 3.73. The van der Waals surface area contributed by atoms with Crippen molar-refractivity contribution >= 4 is 23.5 Å². The Morgan fingerprint density at radius 2 is 2.40 bits per heavy atom. The Hall–Kier alpha value is 0.440. The van der Waals surface area contributed by atoms with Crippen LogP contribution < -0.4 is 0 Å². The van der Waals surface area contributed by atoms with Gasteiger partial charge in [-0.15, -0.1) is 11.8 Å². The number of hydrogen-bond donors (Lipinski definition) is 0. The first-order chi connectivity index (χ1) is 4.88. The second-order valence-corrected chi connectivity index (χ2v) is 4.85. The molecule has 0 bridgehead atoms. The molecular formula is C8H14S2. The van der Waals surface area contributed by atoms with Gasteiger partial charge in [0.15, 0.2) is 0 Å². The lowest BCUT2D eigenvalue weighted by atomic mass is 10.1. The molecule has 0 spiro atoms. The molecule has 0 aromatic heterocycles. The SMILES string of the molecule is CCCC1C=CSC1SC. The Morgan fingerprint density at radius 1 is 1.60 bits per heavy atom.